The van der Waals surface area contributed by atoms with Crippen molar-refractivity contribution in [2.24, 2.45) is 0 Å². The van der Waals surface area contributed by atoms with Crippen LogP contribution in [0.15, 0.2) is 52.7 Å². The molecule has 1 fully saturated rings. The SMILES string of the molecule is CN1CC[C@@H](Oc2cc(NS(=O)(=O)c3cc(-c4cccc(C(F)(F)F)c4)c(Cl)s3)ccc2Cl)C1. The standard InChI is InChI=1S/C22H19Cl2F3N2O3S2/c1-29-8-7-16(12-29)32-19-10-15(5-6-18(19)23)28-34(30,31)20-11-17(21(24)33-20)13-3-2-4-14(9-13)22(25,26)27/h2-6,9-11,16,28H,7-8,12H2,1H3/t16-/m1/s1. The number of nitrogens with one attached hydrogen (secondary N) is 1. The Labute approximate surface area is 209 Å². The second-order valence-corrected chi connectivity index (χ2v) is 11.8. The molecule has 1 aliphatic heterocycles. The van der Waals surface area contributed by atoms with Gasteiger partial charge in [0.15, 0.2) is 0 Å². The van der Waals surface area contributed by atoms with Gasteiger partial charge in [-0.1, -0.05) is 35.3 Å². The lowest BCUT2D eigenvalue weighted by Crippen LogP contribution is -2.21. The fourth-order valence-corrected chi connectivity index (χ4v) is 6.55. The van der Waals surface area contributed by atoms with Crippen molar-refractivity contribution in [3.05, 3.63) is 63.5 Å². The van der Waals surface area contributed by atoms with E-state index in [1.165, 1.54) is 36.4 Å². The third kappa shape index (κ3) is 5.63. The number of likely N-dealkylation sites (N-methyl/N-ethyl adjacent to an activating group) is 1. The summed E-state index contributed by atoms with van der Waals surface area (Å²) < 4.78 is 73.5. The van der Waals surface area contributed by atoms with Gasteiger partial charge in [0.25, 0.3) is 10.0 Å². The van der Waals surface area contributed by atoms with Crippen LogP contribution >= 0.6 is 34.5 Å². The number of nitrogens with zero attached hydrogens (tertiary/aromatic N) is 1. The monoisotopic (exact) mass is 550 g/mol. The van der Waals surface area contributed by atoms with E-state index >= 15 is 0 Å². The summed E-state index contributed by atoms with van der Waals surface area (Å²) in [5.41, 5.74) is -0.252. The van der Waals surface area contributed by atoms with Gasteiger partial charge in [0.2, 0.25) is 0 Å². The van der Waals surface area contributed by atoms with Gasteiger partial charge in [-0.2, -0.15) is 13.2 Å². The molecular formula is C22H19Cl2F3N2O3S2. The Morgan fingerprint density at radius 3 is 2.59 bits per heavy atom. The smallest absolute Gasteiger partial charge is 0.416 e. The lowest BCUT2D eigenvalue weighted by molar-refractivity contribution is -0.137. The molecular weight excluding hydrogens is 532 g/mol. The predicted molar refractivity (Wildman–Crippen MR) is 129 cm³/mol. The molecule has 1 N–H and O–H groups in total. The van der Waals surface area contributed by atoms with Crippen LogP contribution in [-0.4, -0.2) is 39.6 Å². The number of benzene rings is 2. The minimum absolute atomic E-state index is 0.0551. The molecule has 1 atom stereocenters. The summed E-state index contributed by atoms with van der Waals surface area (Å²) in [4.78, 5) is 2.12. The highest BCUT2D eigenvalue weighted by molar-refractivity contribution is 7.94. The molecule has 0 amide bonds. The Morgan fingerprint density at radius 2 is 1.91 bits per heavy atom. The summed E-state index contributed by atoms with van der Waals surface area (Å²) in [6.45, 7) is 1.63. The summed E-state index contributed by atoms with van der Waals surface area (Å²) in [6.07, 6.45) is -3.76. The van der Waals surface area contributed by atoms with Crippen LogP contribution in [0.2, 0.25) is 9.36 Å². The Bertz CT molecular complexity index is 1310. The molecule has 1 aliphatic rings. The number of sulfonamides is 1. The van der Waals surface area contributed by atoms with Gasteiger partial charge < -0.3 is 9.64 Å². The van der Waals surface area contributed by atoms with Gasteiger partial charge in [-0.15, -0.1) is 11.3 Å². The number of halogens is 5. The highest BCUT2D eigenvalue weighted by atomic mass is 35.5. The second kappa shape index (κ2) is 9.58. The van der Waals surface area contributed by atoms with Crippen LogP contribution < -0.4 is 9.46 Å². The van der Waals surface area contributed by atoms with Crippen LogP contribution in [0.3, 0.4) is 0 Å². The third-order valence-electron chi connectivity index (χ3n) is 5.26. The van der Waals surface area contributed by atoms with Gasteiger partial charge in [0.05, 0.1) is 16.3 Å². The van der Waals surface area contributed by atoms with Gasteiger partial charge in [0, 0.05) is 24.7 Å². The molecule has 34 heavy (non-hydrogen) atoms. The largest absolute Gasteiger partial charge is 0.487 e. The molecule has 0 unspecified atom stereocenters. The zero-order valence-corrected chi connectivity index (χ0v) is 20.8. The van der Waals surface area contributed by atoms with E-state index in [4.69, 9.17) is 27.9 Å². The summed E-state index contributed by atoms with van der Waals surface area (Å²) in [6, 6.07) is 10.3. The molecule has 1 saturated heterocycles. The normalized spacial score (nSPS) is 17.2. The lowest BCUT2D eigenvalue weighted by atomic mass is 10.1. The fraction of sp³-hybridized carbons (Fsp3) is 0.273. The maximum Gasteiger partial charge on any atom is 0.416 e. The molecule has 4 rings (SSSR count). The number of hydrogen-bond donors (Lipinski definition) is 1. The summed E-state index contributed by atoms with van der Waals surface area (Å²) in [5, 5.41) is 0.350. The van der Waals surface area contributed by atoms with Crippen molar-refractivity contribution in [1.29, 1.82) is 0 Å². The first-order valence-corrected chi connectivity index (χ1v) is 13.1. The van der Waals surface area contributed by atoms with Crippen LogP contribution in [0, 0.1) is 0 Å². The van der Waals surface area contributed by atoms with Crippen molar-refractivity contribution in [2.75, 3.05) is 24.9 Å². The molecule has 0 bridgehead atoms. The van der Waals surface area contributed by atoms with Crippen molar-refractivity contribution < 1.29 is 26.3 Å². The van der Waals surface area contributed by atoms with Crippen molar-refractivity contribution in [3.63, 3.8) is 0 Å². The molecule has 0 saturated carbocycles. The van der Waals surface area contributed by atoms with E-state index in [-0.39, 0.29) is 31.5 Å². The van der Waals surface area contributed by atoms with Crippen molar-refractivity contribution in [1.82, 2.24) is 4.90 Å². The van der Waals surface area contributed by atoms with Crippen LogP contribution in [0.5, 0.6) is 5.75 Å². The fourth-order valence-electron chi connectivity index (χ4n) is 3.57. The first-order valence-electron chi connectivity index (χ1n) is 10.1. The Hall–Kier alpha value is -1.98. The van der Waals surface area contributed by atoms with E-state index in [2.05, 4.69) is 9.62 Å². The summed E-state index contributed by atoms with van der Waals surface area (Å²) in [7, 11) is -2.09. The van der Waals surface area contributed by atoms with E-state index in [9.17, 15) is 21.6 Å². The van der Waals surface area contributed by atoms with Gasteiger partial charge >= 0.3 is 6.18 Å². The van der Waals surface area contributed by atoms with E-state index in [1.54, 1.807) is 0 Å². The molecule has 2 heterocycles. The van der Waals surface area contributed by atoms with Gasteiger partial charge in [0.1, 0.15) is 20.4 Å². The Balaban J connectivity index is 1.57. The molecule has 3 aromatic rings. The number of likely N-dealkylation sites (tertiary alicyclic amines) is 1. The molecule has 1 aromatic heterocycles. The van der Waals surface area contributed by atoms with Crippen LogP contribution in [0.4, 0.5) is 18.9 Å². The second-order valence-electron chi connectivity index (χ2n) is 7.87. The zero-order valence-electron chi connectivity index (χ0n) is 17.7. The van der Waals surface area contributed by atoms with Crippen molar-refractivity contribution in [2.45, 2.75) is 22.9 Å². The van der Waals surface area contributed by atoms with Crippen molar-refractivity contribution >= 4 is 50.2 Å². The number of alkyl halides is 3. The molecule has 0 radical (unpaired) electrons. The lowest BCUT2D eigenvalue weighted by Gasteiger charge is -2.16. The number of anilines is 1. The average Bonchev–Trinajstić information content (AvgIpc) is 3.35. The number of hydrogen-bond acceptors (Lipinski definition) is 5. The van der Waals surface area contributed by atoms with E-state index in [0.29, 0.717) is 10.8 Å². The number of thiophene rings is 1. The van der Waals surface area contributed by atoms with Crippen LogP contribution in [-0.2, 0) is 16.2 Å². The van der Waals surface area contributed by atoms with Gasteiger partial charge in [-0.3, -0.25) is 4.72 Å². The zero-order chi connectivity index (χ0) is 24.7. The molecule has 0 aliphatic carbocycles. The minimum Gasteiger partial charge on any atom is -0.487 e. The maximum absolute atomic E-state index is 13.1. The van der Waals surface area contributed by atoms with Gasteiger partial charge in [-0.25, -0.2) is 8.42 Å². The van der Waals surface area contributed by atoms with Crippen LogP contribution in [0.25, 0.3) is 11.1 Å². The maximum atomic E-state index is 13.1. The topological polar surface area (TPSA) is 58.6 Å². The third-order valence-corrected chi connectivity index (χ3v) is 8.78. The van der Waals surface area contributed by atoms with E-state index in [0.717, 1.165) is 43.0 Å². The predicted octanol–water partition coefficient (Wildman–Crippen LogP) is 6.62. The highest BCUT2D eigenvalue weighted by Crippen LogP contribution is 2.40. The Kier molecular flexibility index (Phi) is 7.08. The van der Waals surface area contributed by atoms with Gasteiger partial charge in [-0.05, 0) is 49.4 Å². The molecule has 182 valence electrons. The summed E-state index contributed by atoms with van der Waals surface area (Å²) in [5.74, 6) is 0.357. The van der Waals surface area contributed by atoms with Crippen LogP contribution in [0.1, 0.15) is 12.0 Å². The average molecular weight is 551 g/mol. The molecule has 5 nitrogen and oxygen atoms in total. The van der Waals surface area contributed by atoms with Crippen molar-refractivity contribution in [3.8, 4) is 16.9 Å². The first kappa shape index (κ1) is 25.1. The van der Waals surface area contributed by atoms with E-state index in [1.807, 2.05) is 7.05 Å². The number of ether oxygens (including phenoxy) is 1. The Morgan fingerprint density at radius 1 is 1.15 bits per heavy atom. The molecule has 0 spiro atoms. The highest BCUT2D eigenvalue weighted by Gasteiger charge is 2.31. The summed E-state index contributed by atoms with van der Waals surface area (Å²) >= 11 is 13.2. The first-order chi connectivity index (χ1) is 15.9. The van der Waals surface area contributed by atoms with E-state index < -0.39 is 21.8 Å². The minimum atomic E-state index is -4.53. The molecule has 2 aromatic carbocycles. The quantitative estimate of drug-likeness (QED) is 0.374. The number of rotatable bonds is 6. The molecule has 12 heteroatoms.